The topological polar surface area (TPSA) is 48.4 Å². The zero-order chi connectivity index (χ0) is 20.7. The van der Waals surface area contributed by atoms with E-state index in [1.807, 2.05) is 12.1 Å². The second kappa shape index (κ2) is 10.4. The molecular formula is C22H39N3O3. The van der Waals surface area contributed by atoms with Gasteiger partial charge in [-0.05, 0) is 25.6 Å². The molecule has 1 aromatic carbocycles. The predicted molar refractivity (Wildman–Crippen MR) is 114 cm³/mol. The third kappa shape index (κ3) is 7.95. The molecule has 1 aliphatic heterocycles. The number of nitrogens with zero attached hydrogens (tertiary/aromatic N) is 3. The average Bonchev–Trinajstić information content (AvgIpc) is 2.61. The normalized spacial score (nSPS) is 17.7. The summed E-state index contributed by atoms with van der Waals surface area (Å²) in [6, 6.07) is 5.94. The first kappa shape index (κ1) is 22.9. The molecule has 2 rings (SSSR count). The van der Waals surface area contributed by atoms with Crippen molar-refractivity contribution in [3.63, 3.8) is 0 Å². The van der Waals surface area contributed by atoms with Crippen LogP contribution in [0.5, 0.6) is 11.5 Å². The molecule has 0 amide bonds. The zero-order valence-corrected chi connectivity index (χ0v) is 18.6. The van der Waals surface area contributed by atoms with Gasteiger partial charge in [0.05, 0.1) is 7.11 Å². The molecule has 0 aliphatic carbocycles. The van der Waals surface area contributed by atoms with E-state index < -0.39 is 6.10 Å². The molecular weight excluding hydrogens is 354 g/mol. The van der Waals surface area contributed by atoms with Crippen LogP contribution in [0.4, 0.5) is 0 Å². The molecule has 6 heteroatoms. The minimum Gasteiger partial charge on any atom is -0.497 e. The van der Waals surface area contributed by atoms with Gasteiger partial charge < -0.3 is 24.4 Å². The van der Waals surface area contributed by atoms with Crippen LogP contribution in [0.25, 0.3) is 0 Å². The monoisotopic (exact) mass is 393 g/mol. The number of aliphatic hydroxyl groups excluding tert-OH is 1. The van der Waals surface area contributed by atoms with E-state index in [2.05, 4.69) is 55.6 Å². The van der Waals surface area contributed by atoms with E-state index in [-0.39, 0.29) is 12.0 Å². The Bertz CT molecular complexity index is 595. The van der Waals surface area contributed by atoms with Crippen molar-refractivity contribution in [3.8, 4) is 11.5 Å². The molecule has 1 heterocycles. The van der Waals surface area contributed by atoms with Gasteiger partial charge in [0.15, 0.2) is 0 Å². The van der Waals surface area contributed by atoms with Crippen LogP contribution in [0.3, 0.4) is 0 Å². The molecule has 1 N–H and O–H groups in total. The number of aliphatic hydroxyl groups is 1. The Morgan fingerprint density at radius 2 is 1.86 bits per heavy atom. The van der Waals surface area contributed by atoms with Crippen LogP contribution >= 0.6 is 0 Å². The number of likely N-dealkylation sites (N-methyl/N-ethyl adjacent to an activating group) is 1. The highest BCUT2D eigenvalue weighted by atomic mass is 16.5. The summed E-state index contributed by atoms with van der Waals surface area (Å²) in [4.78, 5) is 6.92. The molecule has 28 heavy (non-hydrogen) atoms. The lowest BCUT2D eigenvalue weighted by Gasteiger charge is -2.33. The lowest BCUT2D eigenvalue weighted by molar-refractivity contribution is 0.0499. The molecule has 1 atom stereocenters. The molecule has 0 aromatic heterocycles. The van der Waals surface area contributed by atoms with Crippen LogP contribution < -0.4 is 9.47 Å². The van der Waals surface area contributed by atoms with E-state index in [0.29, 0.717) is 6.54 Å². The second-order valence-electron chi connectivity index (χ2n) is 9.28. The highest BCUT2D eigenvalue weighted by Gasteiger charge is 2.19. The SMILES string of the molecule is COc1ccc(CN(C)CC(C)(C)C)c(OC[C@@H](O)CN2CCN(C)CC2)c1. The van der Waals surface area contributed by atoms with Crippen molar-refractivity contribution < 1.29 is 14.6 Å². The van der Waals surface area contributed by atoms with Gasteiger partial charge in [-0.15, -0.1) is 0 Å². The standard InChI is InChI=1S/C22H39N3O3/c1-22(2,3)17-24(5)14-18-7-8-20(27-6)13-21(18)28-16-19(26)15-25-11-9-23(4)10-12-25/h7-8,13,19,26H,9-12,14-17H2,1-6H3/t19-/m0/s1. The number of ether oxygens (including phenoxy) is 2. The second-order valence-corrected chi connectivity index (χ2v) is 9.28. The van der Waals surface area contributed by atoms with Crippen molar-refractivity contribution in [2.24, 2.45) is 5.41 Å². The molecule has 0 radical (unpaired) electrons. The van der Waals surface area contributed by atoms with Crippen LogP contribution in [0.15, 0.2) is 18.2 Å². The molecule has 6 nitrogen and oxygen atoms in total. The Morgan fingerprint density at radius 3 is 2.46 bits per heavy atom. The van der Waals surface area contributed by atoms with Gasteiger partial charge in [0, 0.05) is 57.4 Å². The Hall–Kier alpha value is -1.34. The predicted octanol–water partition coefficient (Wildman–Crippen LogP) is 2.16. The van der Waals surface area contributed by atoms with E-state index in [9.17, 15) is 5.11 Å². The number of hydrogen-bond acceptors (Lipinski definition) is 6. The Morgan fingerprint density at radius 1 is 1.18 bits per heavy atom. The number of rotatable bonds is 9. The van der Waals surface area contributed by atoms with E-state index in [1.165, 1.54) is 0 Å². The summed E-state index contributed by atoms with van der Waals surface area (Å²) in [6.45, 7) is 13.5. The minimum atomic E-state index is -0.505. The van der Waals surface area contributed by atoms with Crippen LogP contribution in [0.2, 0.25) is 0 Å². The van der Waals surface area contributed by atoms with Gasteiger partial charge in [-0.25, -0.2) is 0 Å². The highest BCUT2D eigenvalue weighted by Crippen LogP contribution is 2.27. The van der Waals surface area contributed by atoms with E-state index in [4.69, 9.17) is 9.47 Å². The van der Waals surface area contributed by atoms with Crippen LogP contribution in [0, 0.1) is 5.41 Å². The summed E-state index contributed by atoms with van der Waals surface area (Å²) in [7, 11) is 5.92. The molecule has 0 spiro atoms. The number of piperazine rings is 1. The summed E-state index contributed by atoms with van der Waals surface area (Å²) in [6.07, 6.45) is -0.505. The molecule has 0 bridgehead atoms. The summed E-state index contributed by atoms with van der Waals surface area (Å²) < 4.78 is 11.4. The van der Waals surface area contributed by atoms with Crippen molar-refractivity contribution in [2.75, 3.05) is 67.1 Å². The first-order valence-corrected chi connectivity index (χ1v) is 10.2. The highest BCUT2D eigenvalue weighted by molar-refractivity contribution is 5.40. The fraction of sp³-hybridized carbons (Fsp3) is 0.727. The van der Waals surface area contributed by atoms with Gasteiger partial charge in [-0.1, -0.05) is 26.8 Å². The third-order valence-corrected chi connectivity index (χ3v) is 4.95. The quantitative estimate of drug-likeness (QED) is 0.694. The van der Waals surface area contributed by atoms with E-state index >= 15 is 0 Å². The maximum atomic E-state index is 10.5. The Kier molecular flexibility index (Phi) is 8.56. The third-order valence-electron chi connectivity index (χ3n) is 4.95. The smallest absolute Gasteiger partial charge is 0.127 e. The number of methoxy groups -OCH3 is 1. The Balaban J connectivity index is 1.94. The van der Waals surface area contributed by atoms with E-state index in [1.54, 1.807) is 7.11 Å². The van der Waals surface area contributed by atoms with Gasteiger partial charge in [0.1, 0.15) is 24.2 Å². The molecule has 1 aromatic rings. The van der Waals surface area contributed by atoms with Gasteiger partial charge in [0.2, 0.25) is 0 Å². The van der Waals surface area contributed by atoms with Crippen molar-refractivity contribution >= 4 is 0 Å². The van der Waals surface area contributed by atoms with Crippen LogP contribution in [-0.4, -0.2) is 93.0 Å². The van der Waals surface area contributed by atoms with Crippen LogP contribution in [0.1, 0.15) is 26.3 Å². The number of hydrogen-bond donors (Lipinski definition) is 1. The van der Waals surface area contributed by atoms with Gasteiger partial charge in [-0.2, -0.15) is 0 Å². The van der Waals surface area contributed by atoms with Gasteiger partial charge in [-0.3, -0.25) is 4.90 Å². The average molecular weight is 394 g/mol. The maximum Gasteiger partial charge on any atom is 0.127 e. The summed E-state index contributed by atoms with van der Waals surface area (Å²) in [5.74, 6) is 1.56. The first-order valence-electron chi connectivity index (χ1n) is 10.2. The molecule has 0 unspecified atom stereocenters. The number of β-amino-alcohol motifs (C(OH)–C–C–N with tert-alkyl or cyclic N) is 1. The lowest BCUT2D eigenvalue weighted by Crippen LogP contribution is -2.47. The van der Waals surface area contributed by atoms with Crippen LogP contribution in [-0.2, 0) is 6.54 Å². The number of benzene rings is 1. The molecule has 1 saturated heterocycles. The fourth-order valence-corrected chi connectivity index (χ4v) is 3.65. The van der Waals surface area contributed by atoms with Crippen molar-refractivity contribution in [2.45, 2.75) is 33.4 Å². The largest absolute Gasteiger partial charge is 0.497 e. The van der Waals surface area contributed by atoms with E-state index in [0.717, 1.165) is 56.3 Å². The summed E-state index contributed by atoms with van der Waals surface area (Å²) in [5, 5.41) is 10.5. The van der Waals surface area contributed by atoms with Crippen molar-refractivity contribution in [1.82, 2.24) is 14.7 Å². The first-order chi connectivity index (χ1) is 13.2. The van der Waals surface area contributed by atoms with Gasteiger partial charge >= 0.3 is 0 Å². The summed E-state index contributed by atoms with van der Waals surface area (Å²) >= 11 is 0. The molecule has 1 aliphatic rings. The zero-order valence-electron chi connectivity index (χ0n) is 18.6. The van der Waals surface area contributed by atoms with Gasteiger partial charge in [0.25, 0.3) is 0 Å². The molecule has 1 fully saturated rings. The maximum absolute atomic E-state index is 10.5. The molecule has 160 valence electrons. The fourth-order valence-electron chi connectivity index (χ4n) is 3.65. The van der Waals surface area contributed by atoms with Crippen molar-refractivity contribution in [3.05, 3.63) is 23.8 Å². The lowest BCUT2D eigenvalue weighted by atomic mass is 9.96. The van der Waals surface area contributed by atoms with Crippen molar-refractivity contribution in [1.29, 1.82) is 0 Å². The Labute approximate surface area is 171 Å². The summed E-state index contributed by atoms with van der Waals surface area (Å²) in [5.41, 5.74) is 1.35. The minimum absolute atomic E-state index is 0.237. The molecule has 0 saturated carbocycles.